The predicted octanol–water partition coefficient (Wildman–Crippen LogP) is 2.16. The first-order valence-corrected chi connectivity index (χ1v) is 7.59. The molecule has 0 radical (unpaired) electrons. The van der Waals surface area contributed by atoms with Gasteiger partial charge in [0.25, 0.3) is 5.82 Å². The molecule has 2 aromatic rings. The summed E-state index contributed by atoms with van der Waals surface area (Å²) >= 11 is 0.804. The molecule has 6 nitrogen and oxygen atoms in total. The summed E-state index contributed by atoms with van der Waals surface area (Å²) in [7, 11) is 0. The number of halogens is 3. The lowest BCUT2D eigenvalue weighted by atomic mass is 10.3. The minimum absolute atomic E-state index is 0.101. The largest absolute Gasteiger partial charge is 0.453 e. The standard InChI is InChI=1S/C13H14F3N5OS/c1-2-20(9-6-4-3-5-7-9)10(22)8-23-12-19-18-11(21(12)17)13(14,15)16/h3-7H,2,8,17H2,1H3. The van der Waals surface area contributed by atoms with E-state index in [-0.39, 0.29) is 16.8 Å². The smallest absolute Gasteiger partial charge is 0.335 e. The Balaban J connectivity index is 2.06. The lowest BCUT2D eigenvalue weighted by Gasteiger charge is -2.20. The maximum atomic E-state index is 12.6. The van der Waals surface area contributed by atoms with Crippen LogP contribution in [0, 0.1) is 0 Å². The van der Waals surface area contributed by atoms with Crippen LogP contribution in [0.4, 0.5) is 18.9 Å². The normalized spacial score (nSPS) is 11.5. The van der Waals surface area contributed by atoms with Crippen molar-refractivity contribution in [3.63, 3.8) is 0 Å². The highest BCUT2D eigenvalue weighted by Gasteiger charge is 2.38. The Kier molecular flexibility index (Phi) is 5.14. The number of alkyl halides is 3. The van der Waals surface area contributed by atoms with E-state index < -0.39 is 12.0 Å². The minimum atomic E-state index is -4.69. The highest BCUT2D eigenvalue weighted by Crippen LogP contribution is 2.29. The summed E-state index contributed by atoms with van der Waals surface area (Å²) in [6.45, 7) is 2.25. The number of hydrogen-bond acceptors (Lipinski definition) is 5. The molecule has 0 aliphatic heterocycles. The van der Waals surface area contributed by atoms with Gasteiger partial charge in [-0.05, 0) is 19.1 Å². The van der Waals surface area contributed by atoms with Crippen LogP contribution in [0.1, 0.15) is 12.7 Å². The van der Waals surface area contributed by atoms with E-state index in [1.54, 1.807) is 24.3 Å². The first kappa shape index (κ1) is 17.1. The average molecular weight is 345 g/mol. The fourth-order valence-electron chi connectivity index (χ4n) is 1.88. The molecule has 0 unspecified atom stereocenters. The van der Waals surface area contributed by atoms with Gasteiger partial charge in [0.15, 0.2) is 0 Å². The molecule has 0 fully saturated rings. The maximum Gasteiger partial charge on any atom is 0.453 e. The van der Waals surface area contributed by atoms with E-state index in [0.717, 1.165) is 11.8 Å². The fourth-order valence-corrected chi connectivity index (χ4v) is 2.62. The lowest BCUT2D eigenvalue weighted by Crippen LogP contribution is -2.32. The number of nitrogens with two attached hydrogens (primary N) is 1. The Hall–Kier alpha value is -2.23. The number of rotatable bonds is 5. The summed E-state index contributed by atoms with van der Waals surface area (Å²) in [4.78, 5) is 13.8. The number of para-hydroxylation sites is 1. The molecule has 1 aromatic carbocycles. The van der Waals surface area contributed by atoms with Crippen LogP contribution >= 0.6 is 11.8 Å². The Morgan fingerprint density at radius 2 is 1.96 bits per heavy atom. The second kappa shape index (κ2) is 6.90. The predicted molar refractivity (Wildman–Crippen MR) is 80.4 cm³/mol. The van der Waals surface area contributed by atoms with Crippen LogP contribution in [0.25, 0.3) is 0 Å². The van der Waals surface area contributed by atoms with Crippen LogP contribution < -0.4 is 10.7 Å². The molecule has 0 atom stereocenters. The van der Waals surface area contributed by atoms with Crippen LogP contribution in [-0.2, 0) is 11.0 Å². The van der Waals surface area contributed by atoms with Gasteiger partial charge in [-0.1, -0.05) is 30.0 Å². The Morgan fingerprint density at radius 3 is 2.48 bits per heavy atom. The third kappa shape index (κ3) is 3.95. The second-order valence-electron chi connectivity index (χ2n) is 4.44. The van der Waals surface area contributed by atoms with Crippen LogP contribution in [-0.4, -0.2) is 33.1 Å². The van der Waals surface area contributed by atoms with Crippen LogP contribution in [0.2, 0.25) is 0 Å². The molecule has 0 aliphatic carbocycles. The minimum Gasteiger partial charge on any atom is -0.335 e. The van der Waals surface area contributed by atoms with Crippen molar-refractivity contribution in [3.8, 4) is 0 Å². The van der Waals surface area contributed by atoms with E-state index in [0.29, 0.717) is 16.9 Å². The number of carbonyl (C=O) groups excluding carboxylic acids is 1. The van der Waals surface area contributed by atoms with Crippen LogP contribution in [0.15, 0.2) is 35.5 Å². The van der Waals surface area contributed by atoms with E-state index in [1.165, 1.54) is 4.90 Å². The lowest BCUT2D eigenvalue weighted by molar-refractivity contribution is -0.146. The molecule has 2 N–H and O–H groups in total. The van der Waals surface area contributed by atoms with Gasteiger partial charge in [-0.15, -0.1) is 10.2 Å². The van der Waals surface area contributed by atoms with E-state index in [4.69, 9.17) is 5.84 Å². The molecule has 1 aromatic heterocycles. The number of thioether (sulfide) groups is 1. The van der Waals surface area contributed by atoms with E-state index in [9.17, 15) is 18.0 Å². The summed E-state index contributed by atoms with van der Waals surface area (Å²) in [5.41, 5.74) is 0.714. The van der Waals surface area contributed by atoms with E-state index >= 15 is 0 Å². The summed E-state index contributed by atoms with van der Waals surface area (Å²) < 4.78 is 38.1. The molecular weight excluding hydrogens is 331 g/mol. The number of amides is 1. The van der Waals surface area contributed by atoms with E-state index in [1.807, 2.05) is 13.0 Å². The van der Waals surface area contributed by atoms with Crippen LogP contribution in [0.5, 0.6) is 0 Å². The molecule has 0 saturated carbocycles. The van der Waals surface area contributed by atoms with Gasteiger partial charge in [-0.25, -0.2) is 4.68 Å². The van der Waals surface area contributed by atoms with Gasteiger partial charge in [-0.3, -0.25) is 4.79 Å². The van der Waals surface area contributed by atoms with Gasteiger partial charge in [0.2, 0.25) is 11.1 Å². The highest BCUT2D eigenvalue weighted by atomic mass is 32.2. The van der Waals surface area contributed by atoms with Gasteiger partial charge < -0.3 is 10.7 Å². The first-order chi connectivity index (χ1) is 10.8. The van der Waals surface area contributed by atoms with Crippen molar-refractivity contribution < 1.29 is 18.0 Å². The zero-order valence-electron chi connectivity index (χ0n) is 12.1. The molecule has 0 aliphatic rings. The zero-order chi connectivity index (χ0) is 17.0. The van der Waals surface area contributed by atoms with Crippen molar-refractivity contribution in [1.82, 2.24) is 14.9 Å². The monoisotopic (exact) mass is 345 g/mol. The van der Waals surface area contributed by atoms with Crippen LogP contribution in [0.3, 0.4) is 0 Å². The molecule has 2 rings (SSSR count). The molecule has 1 amide bonds. The van der Waals surface area contributed by atoms with Crippen molar-refractivity contribution >= 4 is 23.4 Å². The van der Waals surface area contributed by atoms with Gasteiger partial charge in [0.05, 0.1) is 5.75 Å². The number of nitrogens with zero attached hydrogens (tertiary/aromatic N) is 4. The molecule has 23 heavy (non-hydrogen) atoms. The van der Waals surface area contributed by atoms with E-state index in [2.05, 4.69) is 10.2 Å². The van der Waals surface area contributed by atoms with Gasteiger partial charge in [0, 0.05) is 12.2 Å². The average Bonchev–Trinajstić information content (AvgIpc) is 2.88. The summed E-state index contributed by atoms with van der Waals surface area (Å²) in [6.07, 6.45) is -4.69. The Labute approximate surface area is 134 Å². The molecular formula is C13H14F3N5OS. The van der Waals surface area contributed by atoms with Crippen molar-refractivity contribution in [2.75, 3.05) is 23.0 Å². The number of hydrogen-bond donors (Lipinski definition) is 1. The van der Waals surface area contributed by atoms with Crippen molar-refractivity contribution in [2.24, 2.45) is 0 Å². The quantitative estimate of drug-likeness (QED) is 0.664. The number of benzene rings is 1. The zero-order valence-corrected chi connectivity index (χ0v) is 12.9. The third-order valence-electron chi connectivity index (χ3n) is 2.93. The Morgan fingerprint density at radius 1 is 1.30 bits per heavy atom. The first-order valence-electron chi connectivity index (χ1n) is 6.60. The number of anilines is 1. The molecule has 0 saturated heterocycles. The van der Waals surface area contributed by atoms with Crippen molar-refractivity contribution in [3.05, 3.63) is 36.2 Å². The topological polar surface area (TPSA) is 77.0 Å². The summed E-state index contributed by atoms with van der Waals surface area (Å²) in [5, 5.41) is 6.21. The summed E-state index contributed by atoms with van der Waals surface area (Å²) in [5.74, 6) is 3.65. The Bertz CT molecular complexity index is 674. The molecule has 0 bridgehead atoms. The SMILES string of the molecule is CCN(C(=O)CSc1nnc(C(F)(F)F)n1N)c1ccccc1. The second-order valence-corrected chi connectivity index (χ2v) is 5.38. The highest BCUT2D eigenvalue weighted by molar-refractivity contribution is 7.99. The summed E-state index contributed by atoms with van der Waals surface area (Å²) in [6, 6.07) is 8.97. The molecule has 10 heteroatoms. The number of aromatic nitrogens is 3. The number of carbonyl (C=O) groups is 1. The molecule has 1 heterocycles. The van der Waals surface area contributed by atoms with Gasteiger partial charge in [0.1, 0.15) is 0 Å². The van der Waals surface area contributed by atoms with Crippen molar-refractivity contribution in [2.45, 2.75) is 18.3 Å². The fraction of sp³-hybridized carbons (Fsp3) is 0.308. The third-order valence-corrected chi connectivity index (χ3v) is 3.86. The maximum absolute atomic E-state index is 12.6. The molecule has 124 valence electrons. The number of nitrogen functional groups attached to an aromatic ring is 1. The van der Waals surface area contributed by atoms with Gasteiger partial charge >= 0.3 is 6.18 Å². The van der Waals surface area contributed by atoms with Gasteiger partial charge in [-0.2, -0.15) is 13.2 Å². The van der Waals surface area contributed by atoms with Crippen molar-refractivity contribution in [1.29, 1.82) is 0 Å². The molecule has 0 spiro atoms.